The molecule has 0 spiro atoms. The van der Waals surface area contributed by atoms with Gasteiger partial charge in [0.15, 0.2) is 5.75 Å². The highest BCUT2D eigenvalue weighted by atomic mass is 32.2. The van der Waals surface area contributed by atoms with E-state index in [1.54, 1.807) is 32.2 Å². The van der Waals surface area contributed by atoms with Gasteiger partial charge in [-0.3, -0.25) is 9.11 Å². The van der Waals surface area contributed by atoms with Gasteiger partial charge in [0.25, 0.3) is 20.2 Å². The van der Waals surface area contributed by atoms with E-state index in [-0.39, 0.29) is 27.9 Å². The van der Waals surface area contributed by atoms with Crippen molar-refractivity contribution in [3.05, 3.63) is 60.2 Å². The molecule has 0 aliphatic heterocycles. The molecule has 0 atom stereocenters. The molecule has 4 aromatic rings. The zero-order chi connectivity index (χ0) is 24.8. The van der Waals surface area contributed by atoms with Crippen molar-refractivity contribution < 1.29 is 31.0 Å². The van der Waals surface area contributed by atoms with Crippen LogP contribution >= 0.6 is 0 Å². The summed E-state index contributed by atoms with van der Waals surface area (Å²) in [5.74, 6) is -0.163. The molecular weight excluding hydrogens is 482 g/mol. The molecule has 0 saturated heterocycles. The first-order chi connectivity index (χ1) is 15.9. The summed E-state index contributed by atoms with van der Waals surface area (Å²) in [7, 11) is -7.78. The minimum atomic E-state index is -4.89. The van der Waals surface area contributed by atoms with Crippen LogP contribution in [0.1, 0.15) is 5.56 Å². The van der Waals surface area contributed by atoms with E-state index in [1.807, 2.05) is 6.07 Å². The van der Waals surface area contributed by atoms with Crippen LogP contribution in [0, 0.1) is 6.92 Å². The first-order valence-electron chi connectivity index (χ1n) is 9.78. The molecule has 176 valence electrons. The molecule has 0 radical (unpaired) electrons. The second kappa shape index (κ2) is 8.33. The van der Waals surface area contributed by atoms with Gasteiger partial charge in [-0.2, -0.15) is 16.8 Å². The number of hydrogen-bond acceptors (Lipinski definition) is 8. The molecule has 0 bridgehead atoms. The van der Waals surface area contributed by atoms with Crippen molar-refractivity contribution >= 4 is 58.8 Å². The van der Waals surface area contributed by atoms with Crippen LogP contribution in [-0.2, 0) is 20.2 Å². The summed E-state index contributed by atoms with van der Waals surface area (Å²) in [5.41, 5.74) is 1.22. The van der Waals surface area contributed by atoms with Gasteiger partial charge in [-0.25, -0.2) is 0 Å². The van der Waals surface area contributed by atoms with Crippen LogP contribution < -0.4 is 5.32 Å². The number of nitrogens with one attached hydrogen (secondary N) is 1. The van der Waals surface area contributed by atoms with Crippen LogP contribution in [0.2, 0.25) is 0 Å². The monoisotopic (exact) mass is 501 g/mol. The summed E-state index contributed by atoms with van der Waals surface area (Å²) in [5, 5.41) is 22.7. The number of benzene rings is 4. The van der Waals surface area contributed by atoms with E-state index in [0.717, 1.165) is 23.2 Å². The number of azo groups is 1. The first kappa shape index (κ1) is 23.6. The lowest BCUT2D eigenvalue weighted by atomic mass is 10.0. The van der Waals surface area contributed by atoms with Crippen LogP contribution in [0.15, 0.2) is 74.6 Å². The highest BCUT2D eigenvalue weighted by Gasteiger charge is 2.23. The molecule has 4 N–H and O–H groups in total. The third-order valence-corrected chi connectivity index (χ3v) is 7.17. The summed E-state index contributed by atoms with van der Waals surface area (Å²) >= 11 is 0. The van der Waals surface area contributed by atoms with Gasteiger partial charge in [0.1, 0.15) is 21.2 Å². The van der Waals surface area contributed by atoms with Crippen LogP contribution in [0.4, 0.5) is 17.1 Å². The molecule has 0 fully saturated rings. The Balaban J connectivity index is 1.94. The minimum absolute atomic E-state index is 0.0952. The fourth-order valence-corrected chi connectivity index (χ4v) is 5.30. The number of aryl methyl sites for hydroxylation is 1. The normalized spacial score (nSPS) is 12.6. The van der Waals surface area contributed by atoms with Gasteiger partial charge in [0.05, 0.1) is 0 Å². The Morgan fingerprint density at radius 2 is 1.53 bits per heavy atom. The van der Waals surface area contributed by atoms with Crippen molar-refractivity contribution in [2.45, 2.75) is 16.7 Å². The lowest BCUT2D eigenvalue weighted by Crippen LogP contribution is -2.03. The summed E-state index contributed by atoms with van der Waals surface area (Å²) in [4.78, 5) is -1.21. The van der Waals surface area contributed by atoms with Crippen LogP contribution in [-0.4, -0.2) is 38.1 Å². The Kier molecular flexibility index (Phi) is 5.77. The Hall–Kier alpha value is -3.58. The number of hydrogen-bond donors (Lipinski definition) is 4. The molecule has 0 unspecified atom stereocenters. The molecule has 0 aliphatic rings. The summed E-state index contributed by atoms with van der Waals surface area (Å²) in [6.07, 6.45) is 0. The SMILES string of the molecule is CNc1ccc2c(O)c(N=Nc3ccc4c(S(=O)(=O)O)cccc4c3S(=O)(=O)O)c(C)cc2c1. The molecular formula is C22H19N3O7S2. The Morgan fingerprint density at radius 3 is 2.18 bits per heavy atom. The maximum atomic E-state index is 12.2. The van der Waals surface area contributed by atoms with E-state index in [0.29, 0.717) is 10.9 Å². The molecule has 0 heterocycles. The van der Waals surface area contributed by atoms with Gasteiger partial charge in [0.2, 0.25) is 0 Å². The number of aromatic hydroxyl groups is 1. The number of phenols is 1. The van der Waals surface area contributed by atoms with Gasteiger partial charge < -0.3 is 10.4 Å². The zero-order valence-corrected chi connectivity index (χ0v) is 19.5. The third kappa shape index (κ3) is 4.19. The predicted octanol–water partition coefficient (Wildman–Crippen LogP) is 4.96. The van der Waals surface area contributed by atoms with E-state index in [4.69, 9.17) is 0 Å². The minimum Gasteiger partial charge on any atom is -0.505 e. The highest BCUT2D eigenvalue weighted by Crippen LogP contribution is 2.41. The van der Waals surface area contributed by atoms with E-state index >= 15 is 0 Å². The number of phenolic OH excluding ortho intramolecular Hbond substituents is 1. The average Bonchev–Trinajstić information content (AvgIpc) is 2.76. The Labute approximate surface area is 195 Å². The van der Waals surface area contributed by atoms with Crippen LogP contribution in [0.3, 0.4) is 0 Å². The summed E-state index contributed by atoms with van der Waals surface area (Å²) in [6, 6.07) is 13.1. The predicted molar refractivity (Wildman–Crippen MR) is 128 cm³/mol. The molecule has 0 saturated carbocycles. The van der Waals surface area contributed by atoms with Gasteiger partial charge in [-0.1, -0.05) is 18.2 Å². The van der Waals surface area contributed by atoms with Crippen molar-refractivity contribution in [1.82, 2.24) is 0 Å². The van der Waals surface area contributed by atoms with Crippen molar-refractivity contribution in [2.75, 3.05) is 12.4 Å². The van der Waals surface area contributed by atoms with E-state index in [9.17, 15) is 31.0 Å². The second-order valence-corrected chi connectivity index (χ2v) is 10.2. The summed E-state index contributed by atoms with van der Waals surface area (Å²) in [6.45, 7) is 1.70. The maximum Gasteiger partial charge on any atom is 0.297 e. The maximum absolute atomic E-state index is 12.2. The van der Waals surface area contributed by atoms with E-state index in [2.05, 4.69) is 15.5 Å². The Bertz CT molecular complexity index is 1710. The Morgan fingerprint density at radius 1 is 0.824 bits per heavy atom. The largest absolute Gasteiger partial charge is 0.505 e. The molecule has 0 aromatic heterocycles. The van der Waals surface area contributed by atoms with Crippen molar-refractivity contribution in [3.63, 3.8) is 0 Å². The molecule has 0 aliphatic carbocycles. The van der Waals surface area contributed by atoms with Gasteiger partial charge in [0, 0.05) is 28.9 Å². The zero-order valence-electron chi connectivity index (χ0n) is 17.9. The smallest absolute Gasteiger partial charge is 0.297 e. The van der Waals surface area contributed by atoms with Crippen molar-refractivity contribution in [1.29, 1.82) is 0 Å². The van der Waals surface area contributed by atoms with Crippen LogP contribution in [0.25, 0.3) is 21.5 Å². The number of anilines is 1. The van der Waals surface area contributed by atoms with Crippen molar-refractivity contribution in [2.24, 2.45) is 10.2 Å². The molecule has 4 rings (SSSR count). The summed E-state index contributed by atoms with van der Waals surface area (Å²) < 4.78 is 67.1. The lowest BCUT2D eigenvalue weighted by molar-refractivity contribution is 0.481. The van der Waals surface area contributed by atoms with Crippen molar-refractivity contribution in [3.8, 4) is 5.75 Å². The highest BCUT2D eigenvalue weighted by molar-refractivity contribution is 7.86. The van der Waals surface area contributed by atoms with Crippen LogP contribution in [0.5, 0.6) is 5.75 Å². The van der Waals surface area contributed by atoms with Gasteiger partial charge in [-0.15, -0.1) is 10.2 Å². The van der Waals surface area contributed by atoms with E-state index in [1.165, 1.54) is 18.2 Å². The lowest BCUT2D eigenvalue weighted by Gasteiger charge is -2.11. The number of nitrogens with zero attached hydrogens (tertiary/aromatic N) is 2. The molecule has 34 heavy (non-hydrogen) atoms. The van der Waals surface area contributed by atoms with Gasteiger partial charge in [-0.05, 0) is 54.3 Å². The second-order valence-electron chi connectivity index (χ2n) is 7.49. The standard InChI is InChI=1S/C22H19N3O7S2/c1-12-10-13-11-14(23-2)6-7-15(13)21(26)20(12)25-24-18-9-8-16-17(22(18)34(30,31)32)4-3-5-19(16)33(27,28)29/h3-11,23,26H,1-2H3,(H,27,28,29)(H,30,31,32). The van der Waals surface area contributed by atoms with E-state index < -0.39 is 30.0 Å². The molecule has 4 aromatic carbocycles. The topological polar surface area (TPSA) is 166 Å². The third-order valence-electron chi connectivity index (χ3n) is 5.31. The quantitative estimate of drug-likeness (QED) is 0.220. The first-order valence-corrected chi connectivity index (χ1v) is 12.7. The number of fused-ring (bicyclic) bond motifs is 2. The molecule has 0 amide bonds. The average molecular weight is 502 g/mol. The van der Waals surface area contributed by atoms with Gasteiger partial charge >= 0.3 is 0 Å². The fraction of sp³-hybridized carbons (Fsp3) is 0.0909. The molecule has 12 heteroatoms. The fourth-order valence-electron chi connectivity index (χ4n) is 3.76. The molecule has 10 nitrogen and oxygen atoms in total. The number of rotatable bonds is 5.